The first-order chi connectivity index (χ1) is 13.5. The Bertz CT molecular complexity index is 1250. The lowest BCUT2D eigenvalue weighted by Crippen LogP contribution is -2.30. The molecule has 5 rings (SSSR count). The van der Waals surface area contributed by atoms with Crippen LogP contribution < -0.4 is 4.90 Å². The van der Waals surface area contributed by atoms with Gasteiger partial charge in [0.2, 0.25) is 5.89 Å². The number of amides is 2. The Balaban J connectivity index is 1.62. The summed E-state index contributed by atoms with van der Waals surface area (Å²) in [6.07, 6.45) is 0. The number of hydrogen-bond acceptors (Lipinski definition) is 4. The highest BCUT2D eigenvalue weighted by Gasteiger charge is 2.37. The fourth-order valence-corrected chi connectivity index (χ4v) is 3.55. The molecular formula is C23H16N2O3. The van der Waals surface area contributed by atoms with E-state index in [0.29, 0.717) is 33.9 Å². The highest BCUT2D eigenvalue weighted by atomic mass is 16.3. The third-order valence-corrected chi connectivity index (χ3v) is 5.03. The molecule has 0 aliphatic carbocycles. The molecule has 1 aromatic heterocycles. The van der Waals surface area contributed by atoms with Crippen LogP contribution in [0.5, 0.6) is 0 Å². The van der Waals surface area contributed by atoms with Gasteiger partial charge in [0.1, 0.15) is 5.52 Å². The second kappa shape index (κ2) is 5.89. The largest absolute Gasteiger partial charge is 0.436 e. The van der Waals surface area contributed by atoms with Crippen molar-refractivity contribution in [1.82, 2.24) is 4.98 Å². The predicted octanol–water partition coefficient (Wildman–Crippen LogP) is 4.91. The number of rotatable bonds is 2. The number of imide groups is 1. The van der Waals surface area contributed by atoms with Crippen LogP contribution in [0.1, 0.15) is 31.8 Å². The number of carbonyl (C=O) groups excluding carboxylic acids is 2. The maximum atomic E-state index is 12.9. The molecule has 5 nitrogen and oxygen atoms in total. The van der Waals surface area contributed by atoms with Crippen molar-refractivity contribution in [2.24, 2.45) is 0 Å². The van der Waals surface area contributed by atoms with E-state index in [-0.39, 0.29) is 11.8 Å². The SMILES string of the molecule is Cc1ccc2oc(-c3ccc(C)c(N4C(=O)c5ccccc5C4=O)c3)nc2c1. The standard InChI is InChI=1S/C23H16N2O3/c1-13-7-10-20-18(11-13)24-21(28-20)15-9-8-14(2)19(12-15)25-22(26)16-5-3-4-6-17(16)23(25)27/h3-12H,1-2H3. The Morgan fingerprint density at radius 3 is 2.29 bits per heavy atom. The number of aromatic nitrogens is 1. The topological polar surface area (TPSA) is 63.4 Å². The minimum absolute atomic E-state index is 0.311. The zero-order chi connectivity index (χ0) is 19.4. The Hall–Kier alpha value is -3.73. The number of anilines is 1. The number of aryl methyl sites for hydroxylation is 2. The van der Waals surface area contributed by atoms with E-state index < -0.39 is 0 Å². The maximum absolute atomic E-state index is 12.9. The third kappa shape index (κ3) is 2.36. The Labute approximate surface area is 161 Å². The lowest BCUT2D eigenvalue weighted by Gasteiger charge is -2.17. The zero-order valence-corrected chi connectivity index (χ0v) is 15.4. The Morgan fingerprint density at radius 1 is 0.857 bits per heavy atom. The first-order valence-electron chi connectivity index (χ1n) is 8.99. The van der Waals surface area contributed by atoms with Crippen LogP contribution in [-0.4, -0.2) is 16.8 Å². The third-order valence-electron chi connectivity index (χ3n) is 5.03. The number of oxazole rings is 1. The number of hydrogen-bond donors (Lipinski definition) is 0. The summed E-state index contributed by atoms with van der Waals surface area (Å²) < 4.78 is 5.88. The molecule has 0 bridgehead atoms. The molecule has 0 fully saturated rings. The van der Waals surface area contributed by atoms with Crippen molar-refractivity contribution in [3.8, 4) is 11.5 Å². The molecule has 0 unspecified atom stereocenters. The van der Waals surface area contributed by atoms with E-state index in [9.17, 15) is 9.59 Å². The molecule has 0 saturated heterocycles. The van der Waals surface area contributed by atoms with Gasteiger partial charge >= 0.3 is 0 Å². The number of nitrogens with zero attached hydrogens (tertiary/aromatic N) is 2. The predicted molar refractivity (Wildman–Crippen MR) is 107 cm³/mol. The first kappa shape index (κ1) is 16.4. The van der Waals surface area contributed by atoms with Gasteiger partial charge in [-0.3, -0.25) is 9.59 Å². The summed E-state index contributed by atoms with van der Waals surface area (Å²) in [5, 5.41) is 0. The maximum Gasteiger partial charge on any atom is 0.266 e. The molecule has 3 aromatic carbocycles. The van der Waals surface area contributed by atoms with Crippen molar-refractivity contribution in [3.05, 3.63) is 82.9 Å². The molecule has 136 valence electrons. The molecule has 5 heteroatoms. The first-order valence-corrected chi connectivity index (χ1v) is 8.99. The van der Waals surface area contributed by atoms with Gasteiger partial charge in [0.05, 0.1) is 16.8 Å². The molecule has 0 radical (unpaired) electrons. The van der Waals surface area contributed by atoms with Crippen LogP contribution in [0.2, 0.25) is 0 Å². The van der Waals surface area contributed by atoms with Crippen molar-refractivity contribution >= 4 is 28.6 Å². The van der Waals surface area contributed by atoms with Gasteiger partial charge in [0.25, 0.3) is 11.8 Å². The van der Waals surface area contributed by atoms with E-state index in [0.717, 1.165) is 16.6 Å². The average Bonchev–Trinajstić information content (AvgIpc) is 3.22. The van der Waals surface area contributed by atoms with Crippen LogP contribution in [0, 0.1) is 13.8 Å². The van der Waals surface area contributed by atoms with Crippen LogP contribution in [0.4, 0.5) is 5.69 Å². The highest BCUT2D eigenvalue weighted by Crippen LogP contribution is 2.34. The van der Waals surface area contributed by atoms with Crippen molar-refractivity contribution in [3.63, 3.8) is 0 Å². The summed E-state index contributed by atoms with van der Waals surface area (Å²) in [4.78, 5) is 31.5. The van der Waals surface area contributed by atoms with E-state index in [1.54, 1.807) is 30.3 Å². The second-order valence-electron chi connectivity index (χ2n) is 6.98. The fourth-order valence-electron chi connectivity index (χ4n) is 3.55. The monoisotopic (exact) mass is 368 g/mol. The normalized spacial score (nSPS) is 13.4. The van der Waals surface area contributed by atoms with Crippen LogP contribution in [-0.2, 0) is 0 Å². The van der Waals surface area contributed by atoms with E-state index in [1.807, 2.05) is 44.2 Å². The summed E-state index contributed by atoms with van der Waals surface area (Å²) >= 11 is 0. The second-order valence-corrected chi connectivity index (χ2v) is 6.98. The van der Waals surface area contributed by atoms with Crippen LogP contribution in [0.15, 0.2) is 65.1 Å². The molecule has 1 aliphatic rings. The van der Waals surface area contributed by atoms with E-state index in [2.05, 4.69) is 4.98 Å². The Morgan fingerprint density at radius 2 is 1.57 bits per heavy atom. The minimum Gasteiger partial charge on any atom is -0.436 e. The molecule has 0 atom stereocenters. The lowest BCUT2D eigenvalue weighted by atomic mass is 10.1. The van der Waals surface area contributed by atoms with Crippen molar-refractivity contribution in [2.45, 2.75) is 13.8 Å². The van der Waals surface area contributed by atoms with E-state index in [4.69, 9.17) is 4.42 Å². The van der Waals surface area contributed by atoms with Gasteiger partial charge in [-0.2, -0.15) is 0 Å². The molecule has 2 heterocycles. The van der Waals surface area contributed by atoms with Gasteiger partial charge in [-0.25, -0.2) is 9.88 Å². The van der Waals surface area contributed by atoms with Crippen LogP contribution in [0.25, 0.3) is 22.6 Å². The minimum atomic E-state index is -0.311. The summed E-state index contributed by atoms with van der Waals surface area (Å²) in [5.41, 5.74) is 5.51. The zero-order valence-electron chi connectivity index (χ0n) is 15.4. The van der Waals surface area contributed by atoms with Crippen molar-refractivity contribution in [1.29, 1.82) is 0 Å². The van der Waals surface area contributed by atoms with Gasteiger partial charge in [-0.15, -0.1) is 0 Å². The summed E-state index contributed by atoms with van der Waals surface area (Å²) in [6, 6.07) is 18.2. The molecular weight excluding hydrogens is 352 g/mol. The number of carbonyl (C=O) groups is 2. The van der Waals surface area contributed by atoms with Gasteiger partial charge < -0.3 is 4.42 Å². The van der Waals surface area contributed by atoms with Crippen molar-refractivity contribution < 1.29 is 14.0 Å². The van der Waals surface area contributed by atoms with Gasteiger partial charge in [0, 0.05) is 5.56 Å². The number of fused-ring (bicyclic) bond motifs is 2. The summed E-state index contributed by atoms with van der Waals surface area (Å²) in [5.74, 6) is -0.165. The molecule has 4 aromatic rings. The summed E-state index contributed by atoms with van der Waals surface area (Å²) in [6.45, 7) is 3.87. The van der Waals surface area contributed by atoms with Gasteiger partial charge in [0.15, 0.2) is 5.58 Å². The van der Waals surface area contributed by atoms with E-state index in [1.165, 1.54) is 4.90 Å². The molecule has 2 amide bonds. The average molecular weight is 368 g/mol. The van der Waals surface area contributed by atoms with Gasteiger partial charge in [-0.05, 0) is 61.4 Å². The van der Waals surface area contributed by atoms with Gasteiger partial charge in [-0.1, -0.05) is 24.3 Å². The quantitative estimate of drug-likeness (QED) is 0.472. The number of benzene rings is 3. The molecule has 0 N–H and O–H groups in total. The smallest absolute Gasteiger partial charge is 0.266 e. The molecule has 1 aliphatic heterocycles. The van der Waals surface area contributed by atoms with Crippen LogP contribution in [0.3, 0.4) is 0 Å². The lowest BCUT2D eigenvalue weighted by molar-refractivity contribution is 0.0926. The summed E-state index contributed by atoms with van der Waals surface area (Å²) in [7, 11) is 0. The molecule has 28 heavy (non-hydrogen) atoms. The fraction of sp³-hybridized carbons (Fsp3) is 0.0870. The molecule has 0 spiro atoms. The molecule has 0 saturated carbocycles. The van der Waals surface area contributed by atoms with Crippen LogP contribution >= 0.6 is 0 Å². The van der Waals surface area contributed by atoms with Crippen molar-refractivity contribution in [2.75, 3.05) is 4.90 Å². The highest BCUT2D eigenvalue weighted by molar-refractivity contribution is 6.34. The van der Waals surface area contributed by atoms with E-state index >= 15 is 0 Å². The Kier molecular flexibility index (Phi) is 3.46.